The summed E-state index contributed by atoms with van der Waals surface area (Å²) in [5.74, 6) is 0.0238. The van der Waals surface area contributed by atoms with Crippen molar-refractivity contribution in [3.63, 3.8) is 0 Å². The molecule has 21 heavy (non-hydrogen) atoms. The van der Waals surface area contributed by atoms with E-state index in [9.17, 15) is 4.79 Å². The monoisotopic (exact) mass is 279 g/mol. The predicted molar refractivity (Wildman–Crippen MR) is 85.1 cm³/mol. The van der Waals surface area contributed by atoms with Crippen molar-refractivity contribution in [3.05, 3.63) is 54.9 Å². The van der Waals surface area contributed by atoms with Crippen molar-refractivity contribution < 1.29 is 4.79 Å². The predicted octanol–water partition coefficient (Wildman–Crippen LogP) is 2.95. The van der Waals surface area contributed by atoms with Crippen molar-refractivity contribution in [1.29, 1.82) is 0 Å². The van der Waals surface area contributed by atoms with Gasteiger partial charge in [0.2, 0.25) is 5.91 Å². The average molecular weight is 279 g/mol. The maximum atomic E-state index is 11.6. The van der Waals surface area contributed by atoms with Gasteiger partial charge >= 0.3 is 0 Å². The van der Waals surface area contributed by atoms with E-state index in [4.69, 9.17) is 0 Å². The van der Waals surface area contributed by atoms with Crippen LogP contribution < -0.4 is 5.32 Å². The second-order valence-corrected chi connectivity index (χ2v) is 4.98. The largest absolute Gasteiger partial charge is 0.353 e. The van der Waals surface area contributed by atoms with Crippen molar-refractivity contribution in [1.82, 2.24) is 15.3 Å². The third kappa shape index (κ3) is 2.79. The van der Waals surface area contributed by atoms with Gasteiger partial charge in [0.1, 0.15) is 0 Å². The first-order valence-electron chi connectivity index (χ1n) is 7.01. The number of carbonyl (C=O) groups excluding carboxylic acids is 1. The van der Waals surface area contributed by atoms with Crippen LogP contribution >= 0.6 is 0 Å². The lowest BCUT2D eigenvalue weighted by Gasteiger charge is -2.02. The fourth-order valence-electron chi connectivity index (χ4n) is 2.45. The summed E-state index contributed by atoms with van der Waals surface area (Å²) in [6.07, 6.45) is 4.59. The van der Waals surface area contributed by atoms with Gasteiger partial charge in [-0.25, -0.2) is 0 Å². The summed E-state index contributed by atoms with van der Waals surface area (Å²) in [7, 11) is 0. The van der Waals surface area contributed by atoms with E-state index in [1.807, 2.05) is 18.3 Å². The van der Waals surface area contributed by atoms with Gasteiger partial charge in [0, 0.05) is 34.9 Å². The van der Waals surface area contributed by atoms with E-state index in [-0.39, 0.29) is 5.91 Å². The molecule has 0 spiro atoms. The average Bonchev–Trinajstić information content (AvgIpc) is 2.89. The molecule has 1 amide bonds. The van der Waals surface area contributed by atoms with Crippen LogP contribution in [-0.4, -0.2) is 22.4 Å². The fourth-order valence-corrected chi connectivity index (χ4v) is 2.45. The smallest absolute Gasteiger partial charge is 0.220 e. The van der Waals surface area contributed by atoms with Crippen molar-refractivity contribution in [2.75, 3.05) is 6.54 Å². The zero-order valence-electron chi connectivity index (χ0n) is 11.7. The van der Waals surface area contributed by atoms with Gasteiger partial charge in [0.25, 0.3) is 0 Å². The first-order valence-corrected chi connectivity index (χ1v) is 7.01. The molecule has 4 heteroatoms. The molecule has 0 unspecified atom stereocenters. The molecule has 0 aliphatic carbocycles. The van der Waals surface area contributed by atoms with Crippen LogP contribution in [0.15, 0.2) is 49.2 Å². The Labute approximate surface area is 122 Å². The molecular formula is C17H17N3O. The van der Waals surface area contributed by atoms with Gasteiger partial charge in [0.15, 0.2) is 0 Å². The molecule has 0 aliphatic rings. The van der Waals surface area contributed by atoms with Gasteiger partial charge in [-0.1, -0.05) is 24.3 Å². The molecule has 2 heterocycles. The third-order valence-corrected chi connectivity index (χ3v) is 3.50. The molecule has 0 fully saturated rings. The number of rotatable bonds is 5. The number of carbonyl (C=O) groups is 1. The number of nitrogens with zero attached hydrogens (tertiary/aromatic N) is 1. The van der Waals surface area contributed by atoms with Crippen molar-refractivity contribution >= 4 is 27.7 Å². The highest BCUT2D eigenvalue weighted by Gasteiger charge is 2.07. The van der Waals surface area contributed by atoms with Gasteiger partial charge in [-0.05, 0) is 18.6 Å². The zero-order valence-corrected chi connectivity index (χ0v) is 11.7. The fraction of sp³-hybridized carbons (Fsp3) is 0.176. The highest BCUT2D eigenvalue weighted by atomic mass is 16.1. The van der Waals surface area contributed by atoms with Gasteiger partial charge in [-0.15, -0.1) is 6.58 Å². The highest BCUT2D eigenvalue weighted by Crippen LogP contribution is 2.25. The molecule has 3 rings (SSSR count). The molecule has 106 valence electrons. The van der Waals surface area contributed by atoms with Gasteiger partial charge in [-0.3, -0.25) is 9.78 Å². The maximum absolute atomic E-state index is 11.6. The summed E-state index contributed by atoms with van der Waals surface area (Å²) in [5.41, 5.74) is 3.06. The summed E-state index contributed by atoms with van der Waals surface area (Å²) in [6.45, 7) is 4.09. The van der Waals surface area contributed by atoms with Crippen LogP contribution in [0.25, 0.3) is 21.8 Å². The molecule has 1 aromatic carbocycles. The van der Waals surface area contributed by atoms with E-state index in [1.54, 1.807) is 6.08 Å². The second kappa shape index (κ2) is 5.79. The van der Waals surface area contributed by atoms with E-state index in [0.29, 0.717) is 19.4 Å². The van der Waals surface area contributed by atoms with Crippen LogP contribution in [0.1, 0.15) is 12.1 Å². The Hall–Kier alpha value is -2.62. The summed E-state index contributed by atoms with van der Waals surface area (Å²) in [5, 5.41) is 5.12. The molecule has 0 atom stereocenters. The minimum absolute atomic E-state index is 0.0238. The number of nitrogens with one attached hydrogen (secondary N) is 2. The number of para-hydroxylation sites is 1. The molecule has 0 saturated heterocycles. The number of amides is 1. The third-order valence-electron chi connectivity index (χ3n) is 3.50. The topological polar surface area (TPSA) is 57.8 Å². The summed E-state index contributed by atoms with van der Waals surface area (Å²) in [6, 6.07) is 10.2. The van der Waals surface area contributed by atoms with Crippen LogP contribution in [-0.2, 0) is 11.2 Å². The molecule has 4 nitrogen and oxygen atoms in total. The van der Waals surface area contributed by atoms with Crippen LogP contribution in [0.2, 0.25) is 0 Å². The summed E-state index contributed by atoms with van der Waals surface area (Å²) < 4.78 is 0. The Bertz CT molecular complexity index is 804. The first-order chi connectivity index (χ1) is 10.3. The Kier molecular flexibility index (Phi) is 3.69. The van der Waals surface area contributed by atoms with Crippen molar-refractivity contribution in [3.8, 4) is 0 Å². The number of hydrogen-bond donors (Lipinski definition) is 2. The van der Waals surface area contributed by atoms with E-state index in [2.05, 4.69) is 40.1 Å². The molecule has 0 saturated carbocycles. The van der Waals surface area contributed by atoms with E-state index in [1.165, 1.54) is 5.39 Å². The summed E-state index contributed by atoms with van der Waals surface area (Å²) in [4.78, 5) is 19.4. The van der Waals surface area contributed by atoms with E-state index in [0.717, 1.165) is 22.1 Å². The van der Waals surface area contributed by atoms with Crippen LogP contribution in [0.3, 0.4) is 0 Å². The number of pyridine rings is 1. The van der Waals surface area contributed by atoms with Crippen molar-refractivity contribution in [2.24, 2.45) is 0 Å². The second-order valence-electron chi connectivity index (χ2n) is 4.98. The number of fused-ring (bicyclic) bond motifs is 3. The number of H-pyrrole nitrogens is 1. The number of aromatic amines is 1. The molecule has 0 radical (unpaired) electrons. The lowest BCUT2D eigenvalue weighted by atomic mass is 10.1. The van der Waals surface area contributed by atoms with Crippen LogP contribution in [0, 0.1) is 0 Å². The molecular weight excluding hydrogens is 262 g/mol. The lowest BCUT2D eigenvalue weighted by molar-refractivity contribution is -0.120. The normalized spacial score (nSPS) is 10.9. The quantitative estimate of drug-likeness (QED) is 0.705. The molecule has 2 aromatic heterocycles. The van der Waals surface area contributed by atoms with E-state index >= 15 is 0 Å². The summed E-state index contributed by atoms with van der Waals surface area (Å²) >= 11 is 0. The van der Waals surface area contributed by atoms with Crippen LogP contribution in [0.5, 0.6) is 0 Å². The Morgan fingerprint density at radius 2 is 2.14 bits per heavy atom. The number of aryl methyl sites for hydroxylation is 1. The van der Waals surface area contributed by atoms with Gasteiger partial charge in [-0.2, -0.15) is 0 Å². The molecule has 0 bridgehead atoms. The number of aromatic nitrogens is 2. The molecule has 3 aromatic rings. The minimum Gasteiger partial charge on any atom is -0.353 e. The first kappa shape index (κ1) is 13.4. The van der Waals surface area contributed by atoms with Gasteiger partial charge < -0.3 is 10.3 Å². The number of hydrogen-bond acceptors (Lipinski definition) is 2. The van der Waals surface area contributed by atoms with Crippen molar-refractivity contribution in [2.45, 2.75) is 12.8 Å². The maximum Gasteiger partial charge on any atom is 0.220 e. The zero-order chi connectivity index (χ0) is 14.7. The number of benzene rings is 1. The lowest BCUT2D eigenvalue weighted by Crippen LogP contribution is -2.23. The molecule has 2 N–H and O–H groups in total. The standard InChI is InChI=1S/C17H17N3O/c1-2-9-18-17(21)8-7-12-10-14-13-5-3-4-6-15(13)20-16(14)11-19-12/h2-6,10-11,20H,1,7-9H2,(H,18,21). The van der Waals surface area contributed by atoms with Gasteiger partial charge in [0.05, 0.1) is 11.7 Å². The molecule has 0 aliphatic heterocycles. The Morgan fingerprint density at radius 3 is 3.00 bits per heavy atom. The SMILES string of the molecule is C=CCNC(=O)CCc1cc2c(cn1)[nH]c1ccccc12. The minimum atomic E-state index is 0.0238. The van der Waals surface area contributed by atoms with E-state index < -0.39 is 0 Å². The highest BCUT2D eigenvalue weighted by molar-refractivity contribution is 6.06. The van der Waals surface area contributed by atoms with Crippen LogP contribution in [0.4, 0.5) is 0 Å². The Morgan fingerprint density at radius 1 is 1.29 bits per heavy atom. The Balaban J connectivity index is 1.82.